The lowest BCUT2D eigenvalue weighted by Crippen LogP contribution is -2.27. The second-order valence-electron chi connectivity index (χ2n) is 6.71. The maximum atomic E-state index is 6.18. The molecule has 0 saturated carbocycles. The topological polar surface area (TPSA) is 64.9 Å². The van der Waals surface area contributed by atoms with Crippen molar-refractivity contribution in [3.05, 3.63) is 47.1 Å². The third-order valence-corrected chi connectivity index (χ3v) is 4.07. The van der Waals surface area contributed by atoms with Crippen molar-refractivity contribution in [3.8, 4) is 0 Å². The van der Waals surface area contributed by atoms with Gasteiger partial charge in [0, 0.05) is 5.92 Å². The van der Waals surface area contributed by atoms with Gasteiger partial charge >= 0.3 is 0 Å². The van der Waals surface area contributed by atoms with Crippen molar-refractivity contribution in [2.45, 2.75) is 45.6 Å². The Hall–Kier alpha value is -1.68. The molecule has 1 aromatic heterocycles. The Morgan fingerprint density at radius 3 is 2.35 bits per heavy atom. The van der Waals surface area contributed by atoms with Crippen LogP contribution in [0.1, 0.15) is 55.6 Å². The molecule has 1 heterocycles. The maximum absolute atomic E-state index is 6.18. The summed E-state index contributed by atoms with van der Waals surface area (Å²) in [6.07, 6.45) is 1.95. The van der Waals surface area contributed by atoms with Gasteiger partial charge in [-0.2, -0.15) is 4.98 Å². The summed E-state index contributed by atoms with van der Waals surface area (Å²) in [5.41, 5.74) is 8.89. The Morgan fingerprint density at radius 1 is 1.20 bits per heavy atom. The molecule has 4 nitrogen and oxygen atoms in total. The third kappa shape index (κ3) is 2.36. The second kappa shape index (κ2) is 4.70. The van der Waals surface area contributed by atoms with Crippen LogP contribution in [0, 0.1) is 5.41 Å². The van der Waals surface area contributed by atoms with Crippen LogP contribution in [-0.2, 0) is 12.8 Å². The molecule has 0 fully saturated rings. The number of aromatic nitrogens is 2. The minimum atomic E-state index is -0.205. The van der Waals surface area contributed by atoms with Crippen LogP contribution < -0.4 is 5.73 Å². The van der Waals surface area contributed by atoms with Gasteiger partial charge in [0.1, 0.15) is 0 Å². The Kier molecular flexibility index (Phi) is 3.13. The average Bonchev–Trinajstić information content (AvgIpc) is 3.03. The van der Waals surface area contributed by atoms with Crippen molar-refractivity contribution in [1.82, 2.24) is 10.1 Å². The van der Waals surface area contributed by atoms with Gasteiger partial charge in [-0.15, -0.1) is 0 Å². The molecule has 3 rings (SSSR count). The highest BCUT2D eigenvalue weighted by Crippen LogP contribution is 2.34. The van der Waals surface area contributed by atoms with Gasteiger partial charge in [0.15, 0.2) is 5.82 Å². The Labute approximate surface area is 119 Å². The number of hydrogen-bond donors (Lipinski definition) is 1. The molecule has 0 radical (unpaired) electrons. The zero-order valence-corrected chi connectivity index (χ0v) is 12.3. The summed E-state index contributed by atoms with van der Waals surface area (Å²) in [5, 5.41) is 4.08. The van der Waals surface area contributed by atoms with E-state index in [0.717, 1.165) is 18.7 Å². The highest BCUT2D eigenvalue weighted by atomic mass is 16.5. The first kappa shape index (κ1) is 13.3. The molecular weight excluding hydrogens is 250 g/mol. The fraction of sp³-hybridized carbons (Fsp3) is 0.500. The minimum Gasteiger partial charge on any atom is -0.339 e. The van der Waals surface area contributed by atoms with E-state index in [1.807, 2.05) is 0 Å². The van der Waals surface area contributed by atoms with E-state index in [4.69, 9.17) is 10.3 Å². The SMILES string of the molecule is CC(C)(C)C(N)c1noc(C2Cc3ccccc3C2)n1. The highest BCUT2D eigenvalue weighted by Gasteiger charge is 2.31. The van der Waals surface area contributed by atoms with E-state index in [-0.39, 0.29) is 11.5 Å². The van der Waals surface area contributed by atoms with E-state index < -0.39 is 0 Å². The van der Waals surface area contributed by atoms with Crippen LogP contribution >= 0.6 is 0 Å². The first-order valence-corrected chi connectivity index (χ1v) is 7.11. The van der Waals surface area contributed by atoms with Gasteiger partial charge in [-0.1, -0.05) is 50.2 Å². The fourth-order valence-electron chi connectivity index (χ4n) is 2.66. The summed E-state index contributed by atoms with van der Waals surface area (Å²) in [4.78, 5) is 4.54. The maximum Gasteiger partial charge on any atom is 0.230 e. The predicted octanol–water partition coefficient (Wildman–Crippen LogP) is 3.00. The number of fused-ring (bicyclic) bond motifs is 1. The van der Waals surface area contributed by atoms with E-state index in [0.29, 0.717) is 11.7 Å². The van der Waals surface area contributed by atoms with Crippen LogP contribution in [0.5, 0.6) is 0 Å². The lowest BCUT2D eigenvalue weighted by molar-refractivity contribution is 0.298. The first-order valence-electron chi connectivity index (χ1n) is 7.11. The van der Waals surface area contributed by atoms with E-state index in [9.17, 15) is 0 Å². The lowest BCUT2D eigenvalue weighted by Gasteiger charge is -2.23. The zero-order valence-electron chi connectivity index (χ0n) is 12.3. The zero-order chi connectivity index (χ0) is 14.3. The highest BCUT2D eigenvalue weighted by molar-refractivity contribution is 5.34. The predicted molar refractivity (Wildman–Crippen MR) is 77.3 cm³/mol. The van der Waals surface area contributed by atoms with Gasteiger partial charge in [-0.25, -0.2) is 0 Å². The molecule has 0 aliphatic heterocycles. The Balaban J connectivity index is 1.80. The molecule has 1 aromatic carbocycles. The largest absolute Gasteiger partial charge is 0.339 e. The summed E-state index contributed by atoms with van der Waals surface area (Å²) >= 11 is 0. The summed E-state index contributed by atoms with van der Waals surface area (Å²) in [6.45, 7) is 6.25. The van der Waals surface area contributed by atoms with Gasteiger partial charge < -0.3 is 10.3 Å². The van der Waals surface area contributed by atoms with Crippen molar-refractivity contribution in [3.63, 3.8) is 0 Å². The smallest absolute Gasteiger partial charge is 0.230 e. The monoisotopic (exact) mass is 271 g/mol. The molecular formula is C16H21N3O. The summed E-state index contributed by atoms with van der Waals surface area (Å²) in [7, 11) is 0. The number of nitrogens with zero attached hydrogens (tertiary/aromatic N) is 2. The molecule has 1 atom stereocenters. The summed E-state index contributed by atoms with van der Waals surface area (Å²) < 4.78 is 5.45. The van der Waals surface area contributed by atoms with Crippen LogP contribution in [0.3, 0.4) is 0 Å². The van der Waals surface area contributed by atoms with Crippen molar-refractivity contribution in [2.75, 3.05) is 0 Å². The molecule has 1 unspecified atom stereocenters. The molecule has 2 N–H and O–H groups in total. The molecule has 2 aromatic rings. The molecule has 0 amide bonds. The molecule has 0 spiro atoms. The van der Waals surface area contributed by atoms with E-state index in [2.05, 4.69) is 55.2 Å². The lowest BCUT2D eigenvalue weighted by atomic mass is 9.87. The number of benzene rings is 1. The van der Waals surface area contributed by atoms with Gasteiger partial charge in [-0.05, 0) is 29.4 Å². The van der Waals surface area contributed by atoms with Gasteiger partial charge in [-0.3, -0.25) is 0 Å². The number of nitrogens with two attached hydrogens (primary N) is 1. The van der Waals surface area contributed by atoms with Crippen LogP contribution in [0.25, 0.3) is 0 Å². The van der Waals surface area contributed by atoms with Crippen molar-refractivity contribution in [2.24, 2.45) is 11.1 Å². The standard InChI is InChI=1S/C16H21N3O/c1-16(2,3)13(17)14-18-15(20-19-14)12-8-10-6-4-5-7-11(10)9-12/h4-7,12-13H,8-9,17H2,1-3H3. The molecule has 0 saturated heterocycles. The average molecular weight is 271 g/mol. The van der Waals surface area contributed by atoms with E-state index >= 15 is 0 Å². The fourth-order valence-corrected chi connectivity index (χ4v) is 2.66. The van der Waals surface area contributed by atoms with Crippen molar-refractivity contribution in [1.29, 1.82) is 0 Å². The molecule has 1 aliphatic carbocycles. The van der Waals surface area contributed by atoms with Crippen LogP contribution in [0.2, 0.25) is 0 Å². The summed E-state index contributed by atoms with van der Waals surface area (Å²) in [5.74, 6) is 1.63. The Bertz CT molecular complexity index is 587. The van der Waals surface area contributed by atoms with Crippen LogP contribution in [-0.4, -0.2) is 10.1 Å². The van der Waals surface area contributed by atoms with Crippen molar-refractivity contribution < 1.29 is 4.52 Å². The van der Waals surface area contributed by atoms with Gasteiger partial charge in [0.25, 0.3) is 0 Å². The third-order valence-electron chi connectivity index (χ3n) is 4.07. The normalized spacial score (nSPS) is 17.2. The minimum absolute atomic E-state index is 0.0697. The van der Waals surface area contributed by atoms with Gasteiger partial charge in [0.2, 0.25) is 5.89 Å². The van der Waals surface area contributed by atoms with E-state index in [1.54, 1.807) is 0 Å². The van der Waals surface area contributed by atoms with Crippen molar-refractivity contribution >= 4 is 0 Å². The number of rotatable bonds is 2. The Morgan fingerprint density at radius 2 is 1.80 bits per heavy atom. The molecule has 0 bridgehead atoms. The molecule has 20 heavy (non-hydrogen) atoms. The summed E-state index contributed by atoms with van der Waals surface area (Å²) in [6, 6.07) is 8.30. The first-order chi connectivity index (χ1) is 9.45. The van der Waals surface area contributed by atoms with Crippen LogP contribution in [0.4, 0.5) is 0 Å². The quantitative estimate of drug-likeness (QED) is 0.912. The van der Waals surface area contributed by atoms with Gasteiger partial charge in [0.05, 0.1) is 6.04 Å². The van der Waals surface area contributed by atoms with Crippen LogP contribution in [0.15, 0.2) is 28.8 Å². The number of hydrogen-bond acceptors (Lipinski definition) is 4. The second-order valence-corrected chi connectivity index (χ2v) is 6.71. The molecule has 106 valence electrons. The molecule has 1 aliphatic rings. The van der Waals surface area contributed by atoms with E-state index in [1.165, 1.54) is 11.1 Å². The molecule has 4 heteroatoms.